The zero-order valence-corrected chi connectivity index (χ0v) is 14.9. The quantitative estimate of drug-likeness (QED) is 0.693. The van der Waals surface area contributed by atoms with Gasteiger partial charge in [-0.15, -0.1) is 0 Å². The summed E-state index contributed by atoms with van der Waals surface area (Å²) in [5, 5.41) is 17.3. The van der Waals surface area contributed by atoms with E-state index in [4.69, 9.17) is 0 Å². The van der Waals surface area contributed by atoms with Crippen LogP contribution < -0.4 is 10.9 Å². The van der Waals surface area contributed by atoms with Crippen LogP contribution in [-0.2, 0) is 18.4 Å². The molecule has 3 aromatic rings. The van der Waals surface area contributed by atoms with Gasteiger partial charge in [-0.3, -0.25) is 18.8 Å². The molecule has 4 rings (SSSR count). The Labute approximate surface area is 155 Å². The van der Waals surface area contributed by atoms with Gasteiger partial charge in [-0.1, -0.05) is 12.1 Å². The number of aliphatic hydroxyl groups excluding tert-OH is 1. The van der Waals surface area contributed by atoms with Crippen LogP contribution >= 0.6 is 0 Å². The summed E-state index contributed by atoms with van der Waals surface area (Å²) in [6.45, 7) is -0.108. The lowest BCUT2D eigenvalue weighted by Crippen LogP contribution is -2.43. The van der Waals surface area contributed by atoms with Crippen molar-refractivity contribution in [3.05, 3.63) is 58.9 Å². The van der Waals surface area contributed by atoms with Crippen LogP contribution in [0.1, 0.15) is 24.4 Å². The van der Waals surface area contributed by atoms with Crippen LogP contribution in [0.5, 0.6) is 0 Å². The van der Waals surface area contributed by atoms with Crippen LogP contribution in [0, 0.1) is 5.92 Å². The Kier molecular flexibility index (Phi) is 4.49. The number of nitrogens with one attached hydrogen (secondary N) is 1. The third kappa shape index (κ3) is 3.48. The lowest BCUT2D eigenvalue weighted by atomic mass is 9.75. The maximum absolute atomic E-state index is 12.6. The molecule has 140 valence electrons. The first-order valence-electron chi connectivity index (χ1n) is 8.91. The number of hydrogen-bond donors (Lipinski definition) is 2. The summed E-state index contributed by atoms with van der Waals surface area (Å²) in [4.78, 5) is 29.4. The Bertz CT molecular complexity index is 1040. The standard InChI is InChI=1S/C19H21N5O3/c1-23-9-13(8-21-23)18(12-6-14(25)7-12)22-17(26)10-24-11-20-16-5-3-2-4-15(16)19(24)27/h2-5,8-9,11-12,14,18,25H,6-7,10H2,1H3,(H,22,26)/t12?,14?,18-/m1/s1. The van der Waals surface area contributed by atoms with Crippen molar-refractivity contribution < 1.29 is 9.90 Å². The highest BCUT2D eigenvalue weighted by Gasteiger charge is 2.36. The van der Waals surface area contributed by atoms with Crippen molar-refractivity contribution in [2.75, 3.05) is 0 Å². The second-order valence-corrected chi connectivity index (χ2v) is 7.07. The fraction of sp³-hybridized carbons (Fsp3) is 0.368. The average molecular weight is 367 g/mol. The van der Waals surface area contributed by atoms with Crippen molar-refractivity contribution in [1.82, 2.24) is 24.6 Å². The zero-order valence-electron chi connectivity index (χ0n) is 14.9. The fourth-order valence-electron chi connectivity index (χ4n) is 3.57. The molecule has 8 heteroatoms. The van der Waals surface area contributed by atoms with E-state index >= 15 is 0 Å². The smallest absolute Gasteiger partial charge is 0.261 e. The first kappa shape index (κ1) is 17.4. The molecular formula is C19H21N5O3. The van der Waals surface area contributed by atoms with Crippen LogP contribution in [0.15, 0.2) is 47.8 Å². The molecule has 1 aliphatic carbocycles. The number of hydrogen-bond acceptors (Lipinski definition) is 5. The number of aromatic nitrogens is 4. The Hall–Kier alpha value is -3.00. The molecule has 0 aliphatic heterocycles. The second kappa shape index (κ2) is 6.96. The van der Waals surface area contributed by atoms with Gasteiger partial charge < -0.3 is 10.4 Å². The molecule has 27 heavy (non-hydrogen) atoms. The maximum atomic E-state index is 12.6. The molecule has 2 aromatic heterocycles. The van der Waals surface area contributed by atoms with Crippen molar-refractivity contribution in [1.29, 1.82) is 0 Å². The van der Waals surface area contributed by atoms with Gasteiger partial charge in [0.15, 0.2) is 0 Å². The summed E-state index contributed by atoms with van der Waals surface area (Å²) in [7, 11) is 1.82. The summed E-state index contributed by atoms with van der Waals surface area (Å²) in [5.41, 5.74) is 1.26. The third-order valence-corrected chi connectivity index (χ3v) is 5.07. The van der Waals surface area contributed by atoms with E-state index in [2.05, 4.69) is 15.4 Å². The minimum Gasteiger partial charge on any atom is -0.393 e. The number of rotatable bonds is 5. The Morgan fingerprint density at radius 1 is 1.37 bits per heavy atom. The molecule has 1 aliphatic rings. The largest absolute Gasteiger partial charge is 0.393 e. The van der Waals surface area contributed by atoms with E-state index in [-0.39, 0.29) is 36.1 Å². The monoisotopic (exact) mass is 367 g/mol. The Balaban J connectivity index is 1.53. The topological polar surface area (TPSA) is 102 Å². The van der Waals surface area contributed by atoms with Crippen molar-refractivity contribution in [3.63, 3.8) is 0 Å². The SMILES string of the molecule is Cn1cc([C@H](NC(=O)Cn2cnc3ccccc3c2=O)C2CC(O)C2)cn1. The van der Waals surface area contributed by atoms with Crippen LogP contribution in [-0.4, -0.2) is 36.4 Å². The predicted octanol–water partition coefficient (Wildman–Crippen LogP) is 0.758. The highest BCUT2D eigenvalue weighted by atomic mass is 16.3. The number of para-hydroxylation sites is 1. The highest BCUT2D eigenvalue weighted by molar-refractivity contribution is 5.79. The van der Waals surface area contributed by atoms with E-state index in [0.29, 0.717) is 23.7 Å². The van der Waals surface area contributed by atoms with Gasteiger partial charge in [-0.25, -0.2) is 4.98 Å². The van der Waals surface area contributed by atoms with Gasteiger partial charge in [0.2, 0.25) is 5.91 Å². The van der Waals surface area contributed by atoms with E-state index in [0.717, 1.165) is 5.56 Å². The number of aliphatic hydroxyl groups is 1. The van der Waals surface area contributed by atoms with Gasteiger partial charge in [0.1, 0.15) is 6.54 Å². The first-order valence-corrected chi connectivity index (χ1v) is 8.91. The normalized spacial score (nSPS) is 20.2. The third-order valence-electron chi connectivity index (χ3n) is 5.07. The van der Waals surface area contributed by atoms with Gasteiger partial charge in [0, 0.05) is 18.8 Å². The molecule has 0 spiro atoms. The molecule has 1 atom stereocenters. The molecule has 1 fully saturated rings. The number of carbonyl (C=O) groups is 1. The Morgan fingerprint density at radius 3 is 2.85 bits per heavy atom. The molecule has 1 saturated carbocycles. The van der Waals surface area contributed by atoms with E-state index in [9.17, 15) is 14.7 Å². The summed E-state index contributed by atoms with van der Waals surface area (Å²) in [6.07, 6.45) is 5.93. The minimum atomic E-state index is -0.321. The molecule has 0 radical (unpaired) electrons. The molecule has 0 saturated heterocycles. The van der Waals surface area contributed by atoms with Crippen LogP contribution in [0.4, 0.5) is 0 Å². The number of nitrogens with zero attached hydrogens (tertiary/aromatic N) is 4. The lowest BCUT2D eigenvalue weighted by Gasteiger charge is -2.37. The first-order chi connectivity index (χ1) is 13.0. The molecular weight excluding hydrogens is 346 g/mol. The van der Waals surface area contributed by atoms with E-state index in [1.165, 1.54) is 10.9 Å². The zero-order chi connectivity index (χ0) is 19.0. The van der Waals surface area contributed by atoms with Crippen molar-refractivity contribution in [2.45, 2.75) is 31.5 Å². The molecule has 1 aromatic carbocycles. The maximum Gasteiger partial charge on any atom is 0.261 e. The number of carbonyl (C=O) groups excluding carboxylic acids is 1. The van der Waals surface area contributed by atoms with E-state index in [1.807, 2.05) is 19.3 Å². The summed E-state index contributed by atoms with van der Waals surface area (Å²) >= 11 is 0. The van der Waals surface area contributed by atoms with Crippen molar-refractivity contribution >= 4 is 16.8 Å². The van der Waals surface area contributed by atoms with E-state index in [1.54, 1.807) is 29.1 Å². The predicted molar refractivity (Wildman–Crippen MR) is 98.8 cm³/mol. The number of benzene rings is 1. The molecule has 2 N–H and O–H groups in total. The second-order valence-electron chi connectivity index (χ2n) is 7.07. The minimum absolute atomic E-state index is 0.108. The van der Waals surface area contributed by atoms with Gasteiger partial charge in [-0.05, 0) is 30.9 Å². The average Bonchev–Trinajstić information content (AvgIpc) is 3.06. The van der Waals surface area contributed by atoms with Crippen LogP contribution in [0.2, 0.25) is 0 Å². The van der Waals surface area contributed by atoms with Crippen molar-refractivity contribution in [2.24, 2.45) is 13.0 Å². The molecule has 0 unspecified atom stereocenters. The summed E-state index contributed by atoms with van der Waals surface area (Å²) < 4.78 is 2.99. The van der Waals surface area contributed by atoms with E-state index < -0.39 is 0 Å². The molecule has 1 amide bonds. The van der Waals surface area contributed by atoms with Gasteiger partial charge in [0.25, 0.3) is 5.56 Å². The Morgan fingerprint density at radius 2 is 2.15 bits per heavy atom. The van der Waals surface area contributed by atoms with Crippen LogP contribution in [0.25, 0.3) is 10.9 Å². The number of aryl methyl sites for hydroxylation is 1. The molecule has 8 nitrogen and oxygen atoms in total. The van der Waals surface area contributed by atoms with Gasteiger partial charge in [0.05, 0.1) is 35.6 Å². The highest BCUT2D eigenvalue weighted by Crippen LogP contribution is 2.37. The van der Waals surface area contributed by atoms with Gasteiger partial charge >= 0.3 is 0 Å². The number of fused-ring (bicyclic) bond motifs is 1. The molecule has 0 bridgehead atoms. The number of amides is 1. The summed E-state index contributed by atoms with van der Waals surface area (Å²) in [6, 6.07) is 6.82. The lowest BCUT2D eigenvalue weighted by molar-refractivity contribution is -0.123. The van der Waals surface area contributed by atoms with Crippen LogP contribution in [0.3, 0.4) is 0 Å². The summed E-state index contributed by atoms with van der Waals surface area (Å²) in [5.74, 6) is -0.121. The van der Waals surface area contributed by atoms with Gasteiger partial charge in [-0.2, -0.15) is 5.10 Å². The van der Waals surface area contributed by atoms with Crippen molar-refractivity contribution in [3.8, 4) is 0 Å². The fourth-order valence-corrected chi connectivity index (χ4v) is 3.57. The molecule has 2 heterocycles.